The van der Waals surface area contributed by atoms with Gasteiger partial charge in [-0.2, -0.15) is 0 Å². The van der Waals surface area contributed by atoms with Crippen LogP contribution in [0.3, 0.4) is 0 Å². The minimum Gasteiger partial charge on any atom is -0.496 e. The van der Waals surface area contributed by atoms with Crippen molar-refractivity contribution in [1.29, 1.82) is 0 Å². The maximum Gasteiger partial charge on any atom is 0.191 e. The van der Waals surface area contributed by atoms with Crippen LogP contribution in [0.1, 0.15) is 44.6 Å². The van der Waals surface area contributed by atoms with E-state index in [-0.39, 0.29) is 0 Å². The average molecular weight is 347 g/mol. The van der Waals surface area contributed by atoms with Crippen LogP contribution in [-0.4, -0.2) is 50.7 Å². The van der Waals surface area contributed by atoms with Gasteiger partial charge in [0, 0.05) is 31.7 Å². The number of para-hydroxylation sites is 1. The average Bonchev–Trinajstić information content (AvgIpc) is 2.65. The Labute approximate surface area is 152 Å². The molecule has 140 valence electrons. The van der Waals surface area contributed by atoms with Crippen molar-refractivity contribution >= 4 is 5.96 Å². The Morgan fingerprint density at radius 2 is 2.08 bits per heavy atom. The Morgan fingerprint density at radius 1 is 1.24 bits per heavy atom. The van der Waals surface area contributed by atoms with Crippen molar-refractivity contribution in [2.75, 3.05) is 33.8 Å². The molecule has 1 unspecified atom stereocenters. The van der Waals surface area contributed by atoms with E-state index in [9.17, 15) is 0 Å². The Bertz CT molecular complexity index is 532. The highest BCUT2D eigenvalue weighted by Gasteiger charge is 2.16. The molecular formula is C20H34N4O. The number of nitrogens with zero attached hydrogens (tertiary/aromatic N) is 2. The lowest BCUT2D eigenvalue weighted by Crippen LogP contribution is -2.39. The molecule has 5 nitrogen and oxygen atoms in total. The third-order valence-corrected chi connectivity index (χ3v) is 4.97. The second kappa shape index (κ2) is 11.0. The van der Waals surface area contributed by atoms with Crippen molar-refractivity contribution in [3.63, 3.8) is 0 Å². The Morgan fingerprint density at radius 3 is 2.84 bits per heavy atom. The van der Waals surface area contributed by atoms with Gasteiger partial charge in [0.1, 0.15) is 5.75 Å². The highest BCUT2D eigenvalue weighted by atomic mass is 16.5. The van der Waals surface area contributed by atoms with Gasteiger partial charge in [0.05, 0.1) is 7.11 Å². The molecule has 0 spiro atoms. The van der Waals surface area contributed by atoms with Gasteiger partial charge in [-0.3, -0.25) is 4.99 Å². The van der Waals surface area contributed by atoms with E-state index in [4.69, 9.17) is 4.74 Å². The number of aliphatic imine (C=N–C) groups is 1. The van der Waals surface area contributed by atoms with Crippen LogP contribution in [0.5, 0.6) is 5.75 Å². The van der Waals surface area contributed by atoms with Crippen LogP contribution in [0.4, 0.5) is 0 Å². The molecule has 1 aliphatic rings. The van der Waals surface area contributed by atoms with Crippen LogP contribution in [0.25, 0.3) is 0 Å². The molecule has 2 rings (SSSR count). The first-order valence-corrected chi connectivity index (χ1v) is 9.55. The van der Waals surface area contributed by atoms with Gasteiger partial charge in [-0.1, -0.05) is 24.6 Å². The molecule has 0 amide bonds. The molecule has 1 atom stereocenters. The fourth-order valence-corrected chi connectivity index (χ4v) is 3.39. The van der Waals surface area contributed by atoms with E-state index in [0.717, 1.165) is 29.9 Å². The van der Waals surface area contributed by atoms with Crippen LogP contribution in [-0.2, 0) is 6.54 Å². The number of benzene rings is 1. The normalized spacial score (nSPS) is 18.8. The highest BCUT2D eigenvalue weighted by molar-refractivity contribution is 5.79. The van der Waals surface area contributed by atoms with Crippen LogP contribution in [0.2, 0.25) is 0 Å². The number of likely N-dealkylation sites (tertiary alicyclic amines) is 1. The predicted octanol–water partition coefficient (Wildman–Crippen LogP) is 3.01. The first kappa shape index (κ1) is 19.6. The lowest BCUT2D eigenvalue weighted by molar-refractivity contribution is 0.158. The SMILES string of the molecule is CN=C(NCCCCN1CCCCC1C)NCc1ccccc1OC. The quantitative estimate of drug-likeness (QED) is 0.432. The van der Waals surface area contributed by atoms with E-state index in [1.807, 2.05) is 25.2 Å². The lowest BCUT2D eigenvalue weighted by Gasteiger charge is -2.33. The number of rotatable bonds is 8. The fourth-order valence-electron chi connectivity index (χ4n) is 3.39. The van der Waals surface area contributed by atoms with Crippen molar-refractivity contribution in [3.8, 4) is 5.75 Å². The van der Waals surface area contributed by atoms with E-state index in [1.54, 1.807) is 7.11 Å². The molecule has 25 heavy (non-hydrogen) atoms. The van der Waals surface area contributed by atoms with Gasteiger partial charge in [-0.25, -0.2) is 0 Å². The number of ether oxygens (including phenoxy) is 1. The third-order valence-electron chi connectivity index (χ3n) is 4.97. The Balaban J connectivity index is 1.63. The monoisotopic (exact) mass is 346 g/mol. The third kappa shape index (κ3) is 6.58. The molecule has 5 heteroatoms. The van der Waals surface area contributed by atoms with Gasteiger partial charge in [0.15, 0.2) is 5.96 Å². The van der Waals surface area contributed by atoms with Gasteiger partial charge >= 0.3 is 0 Å². The van der Waals surface area contributed by atoms with Gasteiger partial charge in [-0.15, -0.1) is 0 Å². The molecule has 1 aromatic rings. The van der Waals surface area contributed by atoms with Crippen molar-refractivity contribution in [1.82, 2.24) is 15.5 Å². The summed E-state index contributed by atoms with van der Waals surface area (Å²) >= 11 is 0. The van der Waals surface area contributed by atoms with E-state index >= 15 is 0 Å². The zero-order valence-corrected chi connectivity index (χ0v) is 16.1. The van der Waals surface area contributed by atoms with Crippen molar-refractivity contribution in [2.24, 2.45) is 4.99 Å². The molecule has 2 N–H and O–H groups in total. The predicted molar refractivity (Wildman–Crippen MR) is 105 cm³/mol. The second-order valence-electron chi connectivity index (χ2n) is 6.75. The number of nitrogens with one attached hydrogen (secondary N) is 2. The summed E-state index contributed by atoms with van der Waals surface area (Å²) in [5, 5.41) is 6.76. The topological polar surface area (TPSA) is 48.9 Å². The molecule has 0 aromatic heterocycles. The molecule has 1 aliphatic heterocycles. The number of methoxy groups -OCH3 is 1. The summed E-state index contributed by atoms with van der Waals surface area (Å²) in [5.41, 5.74) is 1.13. The summed E-state index contributed by atoms with van der Waals surface area (Å²) in [6.45, 7) is 6.51. The van der Waals surface area contributed by atoms with E-state index in [0.29, 0.717) is 6.54 Å². The number of guanidine groups is 1. The molecule has 1 aromatic carbocycles. The number of piperidine rings is 1. The minimum atomic E-state index is 0.703. The summed E-state index contributed by atoms with van der Waals surface area (Å²) in [6, 6.07) is 8.82. The van der Waals surface area contributed by atoms with Crippen LogP contribution < -0.4 is 15.4 Å². The van der Waals surface area contributed by atoms with E-state index in [2.05, 4.69) is 33.5 Å². The summed E-state index contributed by atoms with van der Waals surface area (Å²) < 4.78 is 5.39. The first-order chi connectivity index (χ1) is 12.2. The van der Waals surface area contributed by atoms with Crippen molar-refractivity contribution in [3.05, 3.63) is 29.8 Å². The zero-order valence-electron chi connectivity index (χ0n) is 16.1. The summed E-state index contributed by atoms with van der Waals surface area (Å²) in [5.74, 6) is 1.75. The van der Waals surface area contributed by atoms with E-state index < -0.39 is 0 Å². The van der Waals surface area contributed by atoms with Crippen LogP contribution in [0.15, 0.2) is 29.3 Å². The van der Waals surface area contributed by atoms with Gasteiger partial charge in [-0.05, 0) is 51.8 Å². The van der Waals surface area contributed by atoms with Crippen molar-refractivity contribution in [2.45, 2.75) is 51.6 Å². The summed E-state index contributed by atoms with van der Waals surface area (Å²) in [6.07, 6.45) is 6.52. The molecular weight excluding hydrogens is 312 g/mol. The minimum absolute atomic E-state index is 0.703. The molecule has 1 heterocycles. The lowest BCUT2D eigenvalue weighted by atomic mass is 10.0. The van der Waals surface area contributed by atoms with Crippen LogP contribution >= 0.6 is 0 Å². The number of unbranched alkanes of at least 4 members (excludes halogenated alkanes) is 1. The van der Waals surface area contributed by atoms with Gasteiger partial charge in [0.25, 0.3) is 0 Å². The molecule has 1 fully saturated rings. The Hall–Kier alpha value is -1.75. The Kier molecular flexibility index (Phi) is 8.60. The largest absolute Gasteiger partial charge is 0.496 e. The van der Waals surface area contributed by atoms with Gasteiger partial charge < -0.3 is 20.3 Å². The van der Waals surface area contributed by atoms with Gasteiger partial charge in [0.2, 0.25) is 0 Å². The smallest absolute Gasteiger partial charge is 0.191 e. The molecule has 0 bridgehead atoms. The fraction of sp³-hybridized carbons (Fsp3) is 0.650. The number of hydrogen-bond donors (Lipinski definition) is 2. The summed E-state index contributed by atoms with van der Waals surface area (Å²) in [7, 11) is 3.52. The van der Waals surface area contributed by atoms with Crippen molar-refractivity contribution < 1.29 is 4.74 Å². The maximum absolute atomic E-state index is 5.39. The second-order valence-corrected chi connectivity index (χ2v) is 6.75. The molecule has 1 saturated heterocycles. The molecule has 0 radical (unpaired) electrons. The number of hydrogen-bond acceptors (Lipinski definition) is 3. The first-order valence-electron chi connectivity index (χ1n) is 9.55. The highest BCUT2D eigenvalue weighted by Crippen LogP contribution is 2.17. The zero-order chi connectivity index (χ0) is 17.9. The standard InChI is InChI=1S/C20H34N4O/c1-17-10-6-8-14-24(17)15-9-7-13-22-20(21-2)23-16-18-11-4-5-12-19(18)25-3/h4-5,11-12,17H,6-10,13-16H2,1-3H3,(H2,21,22,23). The maximum atomic E-state index is 5.39. The summed E-state index contributed by atoms with van der Waals surface area (Å²) in [4.78, 5) is 6.94. The van der Waals surface area contributed by atoms with E-state index in [1.165, 1.54) is 45.2 Å². The molecule has 0 aliphatic carbocycles. The van der Waals surface area contributed by atoms with Crippen LogP contribution in [0, 0.1) is 0 Å². The molecule has 0 saturated carbocycles.